The number of rotatable bonds is 7. The van der Waals surface area contributed by atoms with E-state index in [0.29, 0.717) is 18.9 Å². The number of ether oxygens (including phenoxy) is 2. The van der Waals surface area contributed by atoms with Gasteiger partial charge in [-0.3, -0.25) is 4.79 Å². The number of ketones is 1. The molecule has 0 amide bonds. The summed E-state index contributed by atoms with van der Waals surface area (Å²) in [5, 5.41) is 0. The van der Waals surface area contributed by atoms with Gasteiger partial charge in [0.15, 0.2) is 12.6 Å². The molecule has 0 aromatic heterocycles. The maximum Gasteiger partial charge on any atom is 0.189 e. The second-order valence-corrected chi connectivity index (χ2v) is 6.00. The molecule has 0 radical (unpaired) electrons. The molecular weight excluding hydrogens is 324 g/mol. The van der Waals surface area contributed by atoms with Crippen LogP contribution in [0, 0.1) is 0 Å². The number of alkyl halides is 1. The van der Waals surface area contributed by atoms with Crippen molar-refractivity contribution in [1.82, 2.24) is 0 Å². The fourth-order valence-corrected chi connectivity index (χ4v) is 2.80. The van der Waals surface area contributed by atoms with Crippen molar-refractivity contribution in [3.63, 3.8) is 0 Å². The van der Waals surface area contributed by atoms with Crippen molar-refractivity contribution < 1.29 is 14.3 Å². The Bertz CT molecular complexity index is 752. The number of carbonyl (C=O) groups is 1. The highest BCUT2D eigenvalue weighted by atomic mass is 35.5. The van der Waals surface area contributed by atoms with Gasteiger partial charge in [-0.15, -0.1) is 11.6 Å². The Labute approximate surface area is 146 Å². The fourth-order valence-electron chi connectivity index (χ4n) is 2.69. The Kier molecular flexibility index (Phi) is 5.68. The lowest BCUT2D eigenvalue weighted by molar-refractivity contribution is 0.0159. The molecule has 0 unspecified atom stereocenters. The number of halogens is 1. The van der Waals surface area contributed by atoms with Crippen LogP contribution in [0.4, 0.5) is 0 Å². The monoisotopic (exact) mass is 342 g/mol. The van der Waals surface area contributed by atoms with Crippen molar-refractivity contribution in [3.05, 3.63) is 70.8 Å². The summed E-state index contributed by atoms with van der Waals surface area (Å²) in [5.41, 5.74) is 3.66. The quantitative estimate of drug-likeness (QED) is 0.322. The molecular formula is C20H19ClO3. The van der Waals surface area contributed by atoms with E-state index < -0.39 is 0 Å². The molecule has 0 aliphatic heterocycles. The summed E-state index contributed by atoms with van der Waals surface area (Å²) in [6.07, 6.45) is 3.42. The zero-order chi connectivity index (χ0) is 16.8. The van der Waals surface area contributed by atoms with Crippen LogP contribution in [0.25, 0.3) is 6.08 Å². The van der Waals surface area contributed by atoms with E-state index >= 15 is 0 Å². The van der Waals surface area contributed by atoms with Gasteiger partial charge in [0.2, 0.25) is 0 Å². The number of hydrogen-bond acceptors (Lipinski definition) is 3. The highest BCUT2D eigenvalue weighted by Gasteiger charge is 2.23. The van der Waals surface area contributed by atoms with Crippen LogP contribution < -0.4 is 4.74 Å². The van der Waals surface area contributed by atoms with E-state index in [9.17, 15) is 4.79 Å². The van der Waals surface area contributed by atoms with E-state index in [1.165, 1.54) is 0 Å². The molecule has 1 aliphatic carbocycles. The van der Waals surface area contributed by atoms with Gasteiger partial charge in [-0.25, -0.2) is 0 Å². The van der Waals surface area contributed by atoms with Crippen LogP contribution in [-0.2, 0) is 11.2 Å². The first-order valence-corrected chi connectivity index (χ1v) is 8.51. The molecule has 24 heavy (non-hydrogen) atoms. The third kappa shape index (κ3) is 4.05. The lowest BCUT2D eigenvalue weighted by Gasteiger charge is -2.07. The Balaban J connectivity index is 1.66. The molecule has 4 heteroatoms. The summed E-state index contributed by atoms with van der Waals surface area (Å²) in [6.45, 7) is 0.779. The first-order chi connectivity index (χ1) is 11.8. The second-order valence-electron chi connectivity index (χ2n) is 5.62. The van der Waals surface area contributed by atoms with E-state index in [1.807, 2.05) is 54.6 Å². The van der Waals surface area contributed by atoms with Gasteiger partial charge in [0, 0.05) is 23.4 Å². The number of hydrogen-bond donors (Lipinski definition) is 0. The SMILES string of the molecule is O=C1C(=Cc2cccc(OCOCCCCl)c2)Cc2ccccc21. The summed E-state index contributed by atoms with van der Waals surface area (Å²) >= 11 is 5.59. The summed E-state index contributed by atoms with van der Waals surface area (Å²) < 4.78 is 10.9. The number of carbonyl (C=O) groups excluding carboxylic acids is 1. The first kappa shape index (κ1) is 16.7. The van der Waals surface area contributed by atoms with E-state index in [-0.39, 0.29) is 12.6 Å². The maximum atomic E-state index is 12.4. The molecule has 0 saturated carbocycles. The summed E-state index contributed by atoms with van der Waals surface area (Å²) in [5.74, 6) is 1.42. The minimum Gasteiger partial charge on any atom is -0.468 e. The van der Waals surface area contributed by atoms with Crippen molar-refractivity contribution in [1.29, 1.82) is 0 Å². The largest absolute Gasteiger partial charge is 0.468 e. The van der Waals surface area contributed by atoms with E-state index in [4.69, 9.17) is 21.1 Å². The number of Topliss-reactive ketones (excluding diaryl/α,β-unsaturated/α-hetero) is 1. The Morgan fingerprint density at radius 3 is 2.83 bits per heavy atom. The van der Waals surface area contributed by atoms with Crippen LogP contribution in [0.15, 0.2) is 54.1 Å². The van der Waals surface area contributed by atoms with Crippen LogP contribution in [0.3, 0.4) is 0 Å². The Hall–Kier alpha value is -2.10. The van der Waals surface area contributed by atoms with Gasteiger partial charge >= 0.3 is 0 Å². The number of allylic oxidation sites excluding steroid dienone is 1. The summed E-state index contributed by atoms with van der Waals surface area (Å²) in [4.78, 5) is 12.4. The van der Waals surface area contributed by atoms with Gasteiger partial charge in [-0.2, -0.15) is 0 Å². The van der Waals surface area contributed by atoms with E-state index in [1.54, 1.807) is 0 Å². The molecule has 0 atom stereocenters. The van der Waals surface area contributed by atoms with E-state index in [2.05, 4.69) is 0 Å². The topological polar surface area (TPSA) is 35.5 Å². The fraction of sp³-hybridized carbons (Fsp3) is 0.250. The lowest BCUT2D eigenvalue weighted by atomic mass is 10.1. The lowest BCUT2D eigenvalue weighted by Crippen LogP contribution is -2.04. The maximum absolute atomic E-state index is 12.4. The standard InChI is InChI=1S/C20H19ClO3/c21-9-4-10-23-14-24-18-7-3-5-15(12-18)11-17-13-16-6-1-2-8-19(16)20(17)22/h1-3,5-8,11-12H,4,9-10,13-14H2. The van der Waals surface area contributed by atoms with Gasteiger partial charge in [0.05, 0.1) is 6.61 Å². The van der Waals surface area contributed by atoms with Crippen LogP contribution >= 0.6 is 11.6 Å². The molecule has 0 saturated heterocycles. The van der Waals surface area contributed by atoms with Gasteiger partial charge in [0.25, 0.3) is 0 Å². The third-order valence-corrected chi connectivity index (χ3v) is 4.13. The van der Waals surface area contributed by atoms with Gasteiger partial charge < -0.3 is 9.47 Å². The molecule has 3 rings (SSSR count). The highest BCUT2D eigenvalue weighted by Crippen LogP contribution is 2.28. The predicted octanol–water partition coefficient (Wildman–Crippen LogP) is 4.49. The minimum atomic E-state index is 0.112. The van der Waals surface area contributed by atoms with Gasteiger partial charge in [-0.05, 0) is 35.8 Å². The minimum absolute atomic E-state index is 0.112. The van der Waals surface area contributed by atoms with Crippen LogP contribution in [-0.4, -0.2) is 25.1 Å². The average molecular weight is 343 g/mol. The van der Waals surface area contributed by atoms with Crippen LogP contribution in [0.2, 0.25) is 0 Å². The Morgan fingerprint density at radius 2 is 2.00 bits per heavy atom. The molecule has 2 aromatic carbocycles. The third-order valence-electron chi connectivity index (χ3n) is 3.86. The van der Waals surface area contributed by atoms with Crippen LogP contribution in [0.5, 0.6) is 5.75 Å². The van der Waals surface area contributed by atoms with Crippen molar-refractivity contribution in [3.8, 4) is 5.75 Å². The predicted molar refractivity (Wildman–Crippen MR) is 95.7 cm³/mol. The number of fused-ring (bicyclic) bond motifs is 1. The zero-order valence-electron chi connectivity index (χ0n) is 13.3. The molecule has 2 aromatic rings. The van der Waals surface area contributed by atoms with Crippen molar-refractivity contribution >= 4 is 23.5 Å². The smallest absolute Gasteiger partial charge is 0.189 e. The second kappa shape index (κ2) is 8.13. The number of benzene rings is 2. The molecule has 0 bridgehead atoms. The summed E-state index contributed by atoms with van der Waals surface area (Å²) in [6, 6.07) is 15.4. The van der Waals surface area contributed by atoms with Crippen molar-refractivity contribution in [2.24, 2.45) is 0 Å². The van der Waals surface area contributed by atoms with Crippen LogP contribution in [0.1, 0.15) is 27.9 Å². The Morgan fingerprint density at radius 1 is 1.12 bits per heavy atom. The normalized spacial score (nSPS) is 14.9. The first-order valence-electron chi connectivity index (χ1n) is 7.97. The van der Waals surface area contributed by atoms with Gasteiger partial charge in [-0.1, -0.05) is 36.4 Å². The van der Waals surface area contributed by atoms with Crippen molar-refractivity contribution in [2.75, 3.05) is 19.3 Å². The molecule has 124 valence electrons. The summed E-state index contributed by atoms with van der Waals surface area (Å²) in [7, 11) is 0. The highest BCUT2D eigenvalue weighted by molar-refractivity contribution is 6.17. The molecule has 0 N–H and O–H groups in total. The van der Waals surface area contributed by atoms with Gasteiger partial charge in [0.1, 0.15) is 5.75 Å². The molecule has 0 spiro atoms. The van der Waals surface area contributed by atoms with E-state index in [0.717, 1.165) is 34.4 Å². The molecule has 0 heterocycles. The van der Waals surface area contributed by atoms with Crippen molar-refractivity contribution in [2.45, 2.75) is 12.8 Å². The zero-order valence-corrected chi connectivity index (χ0v) is 14.1. The average Bonchev–Trinajstić information content (AvgIpc) is 2.91. The molecule has 0 fully saturated rings. The molecule has 1 aliphatic rings. The molecule has 3 nitrogen and oxygen atoms in total.